The van der Waals surface area contributed by atoms with Gasteiger partial charge in [-0.15, -0.1) is 0 Å². The van der Waals surface area contributed by atoms with E-state index in [9.17, 15) is 0 Å². The van der Waals surface area contributed by atoms with Crippen molar-refractivity contribution < 1.29 is 0 Å². The van der Waals surface area contributed by atoms with Gasteiger partial charge in [0.15, 0.2) is 0 Å². The Hall–Kier alpha value is -5.01. The van der Waals surface area contributed by atoms with Gasteiger partial charge >= 0.3 is 0 Å². The van der Waals surface area contributed by atoms with Crippen LogP contribution < -0.4 is 0 Å². The zero-order valence-electron chi connectivity index (χ0n) is 21.2. The molecule has 1 nitrogen and oxygen atoms in total. The first kappa shape index (κ1) is 21.0. The van der Waals surface area contributed by atoms with Crippen molar-refractivity contribution in [3.63, 3.8) is 0 Å². The van der Waals surface area contributed by atoms with Gasteiger partial charge in [0, 0.05) is 17.1 Å². The Balaban J connectivity index is 1.35. The third kappa shape index (κ3) is 2.57. The average molecular weight is 494 g/mol. The monoisotopic (exact) mass is 493 g/mol. The average Bonchev–Trinajstić information content (AvgIpc) is 3.48. The van der Waals surface area contributed by atoms with E-state index in [1.165, 1.54) is 66.1 Å². The van der Waals surface area contributed by atoms with Crippen LogP contribution in [-0.4, -0.2) is 4.98 Å². The Morgan fingerprint density at radius 3 is 1.72 bits per heavy atom. The zero-order chi connectivity index (χ0) is 25.6. The molecule has 0 radical (unpaired) electrons. The van der Waals surface area contributed by atoms with E-state index >= 15 is 0 Å². The number of benzene rings is 6. The Labute approximate surface area is 227 Å². The second-order valence-electron chi connectivity index (χ2n) is 10.7. The largest absolute Gasteiger partial charge is 0.256 e. The molecule has 0 fully saturated rings. The van der Waals surface area contributed by atoms with E-state index in [0.29, 0.717) is 0 Å². The summed E-state index contributed by atoms with van der Waals surface area (Å²) in [6.45, 7) is 0. The lowest BCUT2D eigenvalue weighted by atomic mass is 9.70. The highest BCUT2D eigenvalue weighted by Crippen LogP contribution is 2.62. The van der Waals surface area contributed by atoms with Crippen LogP contribution in [0.15, 0.2) is 140 Å². The van der Waals surface area contributed by atoms with E-state index in [4.69, 9.17) is 4.98 Å². The second-order valence-corrected chi connectivity index (χ2v) is 10.7. The highest BCUT2D eigenvalue weighted by atomic mass is 14.7. The van der Waals surface area contributed by atoms with Crippen LogP contribution >= 0.6 is 0 Å². The van der Waals surface area contributed by atoms with E-state index < -0.39 is 0 Å². The van der Waals surface area contributed by atoms with Crippen molar-refractivity contribution in [1.29, 1.82) is 0 Å². The molecule has 6 aromatic carbocycles. The summed E-state index contributed by atoms with van der Waals surface area (Å²) in [5, 5.41) is 4.96. The second kappa shape index (κ2) is 7.52. The highest BCUT2D eigenvalue weighted by Gasteiger charge is 2.51. The molecule has 2 aliphatic rings. The molecule has 180 valence electrons. The van der Waals surface area contributed by atoms with Crippen molar-refractivity contribution in [1.82, 2.24) is 4.98 Å². The van der Waals surface area contributed by atoms with Gasteiger partial charge in [-0.1, -0.05) is 121 Å². The quantitative estimate of drug-likeness (QED) is 0.208. The van der Waals surface area contributed by atoms with Gasteiger partial charge < -0.3 is 0 Å². The molecule has 0 saturated carbocycles. The summed E-state index contributed by atoms with van der Waals surface area (Å²) >= 11 is 0. The molecule has 0 aliphatic heterocycles. The summed E-state index contributed by atoms with van der Waals surface area (Å²) in [4.78, 5) is 4.93. The smallest absolute Gasteiger partial charge is 0.0780 e. The van der Waals surface area contributed by atoms with Crippen LogP contribution in [0.25, 0.3) is 55.1 Å². The van der Waals surface area contributed by atoms with Gasteiger partial charge in [-0.05, 0) is 72.8 Å². The number of aromatic nitrogens is 1. The standard InChI is InChI=1S/C38H23N/c1-2-10-26-24(9-1)17-19-31-27(26)21-22-39-37(31)25-18-20-36-32(23-25)30-13-5-8-16-35(30)38(36)33-14-6-3-11-28(33)29-12-4-7-15-34(29)38/h1-23H. The SMILES string of the molecule is c1ccc2c(c1)-c1ccccc1C21c2ccccc2-c2cc(-c3nccc4c3ccc3ccccc34)ccc21. The van der Waals surface area contributed by atoms with Gasteiger partial charge in [-0.2, -0.15) is 0 Å². The molecule has 7 aromatic rings. The molecule has 0 amide bonds. The van der Waals surface area contributed by atoms with E-state index in [0.717, 1.165) is 11.3 Å². The molecule has 1 heteroatoms. The summed E-state index contributed by atoms with van der Waals surface area (Å²) in [6, 6.07) is 49.1. The molecule has 39 heavy (non-hydrogen) atoms. The lowest BCUT2D eigenvalue weighted by molar-refractivity contribution is 0.794. The number of nitrogens with zero attached hydrogens (tertiary/aromatic N) is 1. The molecule has 0 unspecified atom stereocenters. The number of hydrogen-bond acceptors (Lipinski definition) is 1. The van der Waals surface area contributed by atoms with Crippen molar-refractivity contribution in [2.45, 2.75) is 5.41 Å². The van der Waals surface area contributed by atoms with E-state index in [1.807, 2.05) is 6.20 Å². The number of pyridine rings is 1. The molecule has 2 aliphatic carbocycles. The summed E-state index contributed by atoms with van der Waals surface area (Å²) in [5.41, 5.74) is 12.6. The molecule has 1 heterocycles. The van der Waals surface area contributed by atoms with Crippen molar-refractivity contribution in [2.24, 2.45) is 0 Å². The van der Waals surface area contributed by atoms with E-state index in [1.54, 1.807) is 0 Å². The Morgan fingerprint density at radius 2 is 1.00 bits per heavy atom. The van der Waals surface area contributed by atoms with Crippen LogP contribution in [0.4, 0.5) is 0 Å². The normalized spacial score (nSPS) is 13.8. The van der Waals surface area contributed by atoms with Gasteiger partial charge in [0.25, 0.3) is 0 Å². The molecule has 0 atom stereocenters. The molecule has 9 rings (SSSR count). The molecule has 0 N–H and O–H groups in total. The maximum atomic E-state index is 4.93. The summed E-state index contributed by atoms with van der Waals surface area (Å²) in [7, 11) is 0. The minimum atomic E-state index is -0.306. The molecule has 1 aromatic heterocycles. The molecular weight excluding hydrogens is 470 g/mol. The lowest BCUT2D eigenvalue weighted by Gasteiger charge is -2.30. The number of hydrogen-bond donors (Lipinski definition) is 0. The van der Waals surface area contributed by atoms with Crippen LogP contribution in [0.5, 0.6) is 0 Å². The number of rotatable bonds is 1. The predicted molar refractivity (Wildman–Crippen MR) is 161 cm³/mol. The van der Waals surface area contributed by atoms with Crippen molar-refractivity contribution in [3.8, 4) is 33.5 Å². The summed E-state index contributed by atoms with van der Waals surface area (Å²) in [6.07, 6.45) is 1.95. The van der Waals surface area contributed by atoms with Crippen molar-refractivity contribution in [3.05, 3.63) is 162 Å². The van der Waals surface area contributed by atoms with Crippen LogP contribution in [0.2, 0.25) is 0 Å². The third-order valence-electron chi connectivity index (χ3n) is 8.94. The first-order chi connectivity index (χ1) is 19.4. The third-order valence-corrected chi connectivity index (χ3v) is 8.94. The maximum absolute atomic E-state index is 4.93. The van der Waals surface area contributed by atoms with Crippen LogP contribution in [-0.2, 0) is 5.41 Å². The minimum Gasteiger partial charge on any atom is -0.256 e. The van der Waals surface area contributed by atoms with Gasteiger partial charge in [-0.25, -0.2) is 0 Å². The summed E-state index contributed by atoms with van der Waals surface area (Å²) in [5.74, 6) is 0. The number of fused-ring (bicyclic) bond motifs is 13. The Kier molecular flexibility index (Phi) is 4.05. The highest BCUT2D eigenvalue weighted by molar-refractivity contribution is 6.11. The maximum Gasteiger partial charge on any atom is 0.0780 e. The first-order valence-corrected chi connectivity index (χ1v) is 13.6. The van der Waals surface area contributed by atoms with Crippen LogP contribution in [0, 0.1) is 0 Å². The van der Waals surface area contributed by atoms with Crippen LogP contribution in [0.1, 0.15) is 22.3 Å². The van der Waals surface area contributed by atoms with Gasteiger partial charge in [0.05, 0.1) is 11.1 Å². The zero-order valence-corrected chi connectivity index (χ0v) is 21.2. The van der Waals surface area contributed by atoms with E-state index in [-0.39, 0.29) is 5.41 Å². The first-order valence-electron chi connectivity index (χ1n) is 13.6. The lowest BCUT2D eigenvalue weighted by Crippen LogP contribution is -2.25. The predicted octanol–water partition coefficient (Wildman–Crippen LogP) is 9.40. The molecule has 1 spiro atoms. The molecule has 0 bridgehead atoms. The van der Waals surface area contributed by atoms with E-state index in [2.05, 4.69) is 133 Å². The van der Waals surface area contributed by atoms with Crippen molar-refractivity contribution in [2.75, 3.05) is 0 Å². The fraction of sp³-hybridized carbons (Fsp3) is 0.0263. The fourth-order valence-electron chi connectivity index (χ4n) is 7.41. The van der Waals surface area contributed by atoms with Gasteiger partial charge in [0.2, 0.25) is 0 Å². The fourth-order valence-corrected chi connectivity index (χ4v) is 7.41. The van der Waals surface area contributed by atoms with Crippen molar-refractivity contribution >= 4 is 21.5 Å². The Bertz CT molecular complexity index is 2090. The topological polar surface area (TPSA) is 12.9 Å². The van der Waals surface area contributed by atoms with Gasteiger partial charge in [-0.3, -0.25) is 4.98 Å². The molecule has 0 saturated heterocycles. The van der Waals surface area contributed by atoms with Crippen LogP contribution in [0.3, 0.4) is 0 Å². The summed E-state index contributed by atoms with van der Waals surface area (Å²) < 4.78 is 0. The molecular formula is C38H23N. The minimum absolute atomic E-state index is 0.306. The Morgan fingerprint density at radius 1 is 0.410 bits per heavy atom. The van der Waals surface area contributed by atoms with Gasteiger partial charge in [0.1, 0.15) is 0 Å².